The molecular formula is C29H23Cl2N3O. The van der Waals surface area contributed by atoms with Crippen molar-refractivity contribution in [2.75, 3.05) is 19.0 Å². The summed E-state index contributed by atoms with van der Waals surface area (Å²) in [5.74, 6) is 0. The molecular weight excluding hydrogens is 477 g/mol. The van der Waals surface area contributed by atoms with Gasteiger partial charge in [0.2, 0.25) is 0 Å². The fraction of sp³-hybridized carbons (Fsp3) is 0.103. The molecule has 35 heavy (non-hydrogen) atoms. The van der Waals surface area contributed by atoms with Crippen LogP contribution in [0.1, 0.15) is 16.7 Å². The Bertz CT molecular complexity index is 1490. The molecule has 174 valence electrons. The van der Waals surface area contributed by atoms with Crippen LogP contribution < -0.4 is 4.90 Å². The summed E-state index contributed by atoms with van der Waals surface area (Å²) in [5, 5.41) is 14.2. The molecule has 1 N–H and O–H groups in total. The van der Waals surface area contributed by atoms with Crippen LogP contribution in [0.3, 0.4) is 0 Å². The van der Waals surface area contributed by atoms with E-state index in [1.165, 1.54) is 0 Å². The molecule has 0 bridgehead atoms. The van der Waals surface area contributed by atoms with E-state index in [-0.39, 0.29) is 0 Å². The molecule has 5 aromatic rings. The maximum atomic E-state index is 12.3. The van der Waals surface area contributed by atoms with Crippen molar-refractivity contribution in [3.8, 4) is 11.1 Å². The van der Waals surface area contributed by atoms with Crippen LogP contribution in [0, 0.1) is 0 Å². The molecule has 1 atom stereocenters. The van der Waals surface area contributed by atoms with Gasteiger partial charge in [-0.1, -0.05) is 77.8 Å². The Morgan fingerprint density at radius 1 is 0.800 bits per heavy atom. The molecule has 0 fully saturated rings. The van der Waals surface area contributed by atoms with Gasteiger partial charge in [-0.05, 0) is 47.0 Å². The second-order valence-electron chi connectivity index (χ2n) is 8.58. The van der Waals surface area contributed by atoms with Gasteiger partial charge in [0.1, 0.15) is 10.8 Å². The highest BCUT2D eigenvalue weighted by molar-refractivity contribution is 6.34. The standard InChI is InChI=1S/C29H23Cl2N3O/c1-34(2)27-24-17-21(12-15-25(24)33-28(31)26(27)19-7-4-3-5-8-19)29(35,22-9-6-16-32-18-22)20-10-13-23(30)14-11-20/h3-18,35H,1-2H3. The number of hydrogen-bond donors (Lipinski definition) is 1. The third kappa shape index (κ3) is 4.14. The van der Waals surface area contributed by atoms with Crippen molar-refractivity contribution >= 4 is 39.8 Å². The lowest BCUT2D eigenvalue weighted by Crippen LogP contribution is -2.29. The molecule has 2 aromatic heterocycles. The van der Waals surface area contributed by atoms with Crippen molar-refractivity contribution in [1.82, 2.24) is 9.97 Å². The Kier molecular flexibility index (Phi) is 6.20. The quantitative estimate of drug-likeness (QED) is 0.265. The van der Waals surface area contributed by atoms with E-state index in [0.29, 0.717) is 26.9 Å². The third-order valence-corrected chi connectivity index (χ3v) is 6.71. The van der Waals surface area contributed by atoms with E-state index in [0.717, 1.165) is 27.7 Å². The van der Waals surface area contributed by atoms with Crippen molar-refractivity contribution < 1.29 is 5.11 Å². The molecule has 6 heteroatoms. The summed E-state index contributed by atoms with van der Waals surface area (Å²) in [6, 6.07) is 26.7. The molecule has 3 aromatic carbocycles. The van der Waals surface area contributed by atoms with Crippen LogP contribution in [0.4, 0.5) is 5.69 Å². The Balaban J connectivity index is 1.82. The number of benzene rings is 3. The van der Waals surface area contributed by atoms with Gasteiger partial charge >= 0.3 is 0 Å². The first-order valence-electron chi connectivity index (χ1n) is 11.1. The highest BCUT2D eigenvalue weighted by atomic mass is 35.5. The van der Waals surface area contributed by atoms with Gasteiger partial charge in [0.15, 0.2) is 0 Å². The molecule has 0 aliphatic carbocycles. The fourth-order valence-electron chi connectivity index (χ4n) is 4.54. The largest absolute Gasteiger partial charge is 0.377 e. The van der Waals surface area contributed by atoms with Crippen molar-refractivity contribution in [3.63, 3.8) is 0 Å². The van der Waals surface area contributed by atoms with Crippen LogP contribution in [0.2, 0.25) is 10.2 Å². The Labute approximate surface area is 214 Å². The lowest BCUT2D eigenvalue weighted by molar-refractivity contribution is 0.125. The zero-order valence-corrected chi connectivity index (χ0v) is 20.8. The van der Waals surface area contributed by atoms with Crippen molar-refractivity contribution in [1.29, 1.82) is 0 Å². The van der Waals surface area contributed by atoms with Gasteiger partial charge in [0.05, 0.1) is 11.2 Å². The van der Waals surface area contributed by atoms with Crippen LogP contribution in [-0.4, -0.2) is 29.2 Å². The summed E-state index contributed by atoms with van der Waals surface area (Å²) >= 11 is 12.9. The van der Waals surface area contributed by atoms with Crippen LogP contribution in [0.25, 0.3) is 22.0 Å². The molecule has 2 heterocycles. The van der Waals surface area contributed by atoms with Gasteiger partial charge in [-0.15, -0.1) is 0 Å². The van der Waals surface area contributed by atoms with Gasteiger partial charge in [-0.3, -0.25) is 4.98 Å². The van der Waals surface area contributed by atoms with E-state index in [1.807, 2.05) is 91.8 Å². The number of pyridine rings is 2. The number of fused-ring (bicyclic) bond motifs is 1. The maximum absolute atomic E-state index is 12.3. The minimum absolute atomic E-state index is 0.431. The molecule has 0 saturated heterocycles. The van der Waals surface area contributed by atoms with Gasteiger partial charge in [0, 0.05) is 48.0 Å². The van der Waals surface area contributed by atoms with Crippen molar-refractivity contribution in [2.24, 2.45) is 0 Å². The first kappa shape index (κ1) is 23.3. The summed E-state index contributed by atoms with van der Waals surface area (Å²) < 4.78 is 0. The minimum Gasteiger partial charge on any atom is -0.377 e. The highest BCUT2D eigenvalue weighted by Gasteiger charge is 2.35. The lowest BCUT2D eigenvalue weighted by atomic mass is 9.80. The predicted octanol–water partition coefficient (Wildman–Crippen LogP) is 6.95. The van der Waals surface area contributed by atoms with Crippen LogP contribution in [-0.2, 0) is 5.60 Å². The maximum Gasteiger partial charge on any atom is 0.142 e. The summed E-state index contributed by atoms with van der Waals surface area (Å²) in [4.78, 5) is 11.0. The van der Waals surface area contributed by atoms with E-state index in [4.69, 9.17) is 28.2 Å². The molecule has 0 radical (unpaired) electrons. The number of nitrogens with zero attached hydrogens (tertiary/aromatic N) is 3. The molecule has 5 rings (SSSR count). The monoisotopic (exact) mass is 499 g/mol. The summed E-state index contributed by atoms with van der Waals surface area (Å²) in [7, 11) is 3.97. The first-order chi connectivity index (χ1) is 16.9. The zero-order chi connectivity index (χ0) is 24.6. The Morgan fingerprint density at radius 2 is 1.51 bits per heavy atom. The average molecular weight is 500 g/mol. The van der Waals surface area contributed by atoms with Crippen molar-refractivity contribution in [3.05, 3.63) is 124 Å². The van der Waals surface area contributed by atoms with Crippen LogP contribution in [0.15, 0.2) is 97.3 Å². The number of halogens is 2. The number of rotatable bonds is 5. The first-order valence-corrected chi connectivity index (χ1v) is 11.9. The van der Waals surface area contributed by atoms with E-state index in [1.54, 1.807) is 24.5 Å². The van der Waals surface area contributed by atoms with Crippen molar-refractivity contribution in [2.45, 2.75) is 5.60 Å². The number of hydrogen-bond acceptors (Lipinski definition) is 4. The molecule has 4 nitrogen and oxygen atoms in total. The Morgan fingerprint density at radius 3 is 2.17 bits per heavy atom. The Hall–Kier alpha value is -3.44. The summed E-state index contributed by atoms with van der Waals surface area (Å²) in [6.07, 6.45) is 3.37. The lowest BCUT2D eigenvalue weighted by Gasteiger charge is -2.30. The minimum atomic E-state index is -1.46. The zero-order valence-electron chi connectivity index (χ0n) is 19.3. The third-order valence-electron chi connectivity index (χ3n) is 6.18. The van der Waals surface area contributed by atoms with Crippen LogP contribution in [0.5, 0.6) is 0 Å². The van der Waals surface area contributed by atoms with E-state index < -0.39 is 5.60 Å². The highest BCUT2D eigenvalue weighted by Crippen LogP contribution is 2.43. The second-order valence-corrected chi connectivity index (χ2v) is 9.37. The topological polar surface area (TPSA) is 49.2 Å². The number of aliphatic hydroxyl groups is 1. The average Bonchev–Trinajstić information content (AvgIpc) is 2.88. The SMILES string of the molecule is CN(C)c1c(-c2ccccc2)c(Cl)nc2ccc(C(O)(c3ccc(Cl)cc3)c3cccnc3)cc12. The van der Waals surface area contributed by atoms with E-state index >= 15 is 0 Å². The smallest absolute Gasteiger partial charge is 0.142 e. The van der Waals surface area contributed by atoms with E-state index in [2.05, 4.69) is 4.98 Å². The second kappa shape index (κ2) is 9.31. The molecule has 1 unspecified atom stereocenters. The van der Waals surface area contributed by atoms with Gasteiger partial charge in [-0.25, -0.2) is 4.98 Å². The van der Waals surface area contributed by atoms with E-state index in [9.17, 15) is 5.11 Å². The normalized spacial score (nSPS) is 12.9. The molecule has 0 saturated carbocycles. The molecule has 0 aliphatic heterocycles. The molecule has 0 amide bonds. The molecule has 0 aliphatic rings. The summed E-state index contributed by atoms with van der Waals surface area (Å²) in [6.45, 7) is 0. The van der Waals surface area contributed by atoms with Gasteiger partial charge in [0.25, 0.3) is 0 Å². The van der Waals surface area contributed by atoms with Gasteiger partial charge < -0.3 is 10.0 Å². The fourth-order valence-corrected chi connectivity index (χ4v) is 4.95. The number of anilines is 1. The van der Waals surface area contributed by atoms with Crippen LogP contribution >= 0.6 is 23.2 Å². The molecule has 0 spiro atoms. The van der Waals surface area contributed by atoms with Gasteiger partial charge in [-0.2, -0.15) is 0 Å². The predicted molar refractivity (Wildman–Crippen MR) is 144 cm³/mol. The number of aromatic nitrogens is 2. The summed E-state index contributed by atoms with van der Waals surface area (Å²) in [5.41, 5.74) is 4.06.